The molecule has 132 valence electrons. The summed E-state index contributed by atoms with van der Waals surface area (Å²) in [6.07, 6.45) is -0.958. The highest BCUT2D eigenvalue weighted by Crippen LogP contribution is 2.23. The van der Waals surface area contributed by atoms with E-state index in [-0.39, 0.29) is 16.9 Å². The molecule has 0 saturated carbocycles. The fraction of sp³-hybridized carbons (Fsp3) is 0.263. The molecule has 6 nitrogen and oxygen atoms in total. The lowest BCUT2D eigenvalue weighted by Crippen LogP contribution is -2.22. The topological polar surface area (TPSA) is 71.1 Å². The zero-order valence-corrected chi connectivity index (χ0v) is 14.6. The number of hydrogen-bond donors (Lipinski definition) is 0. The summed E-state index contributed by atoms with van der Waals surface area (Å²) in [5.74, 6) is 0.408. The molecular weight excluding hydrogens is 324 g/mol. The monoisotopic (exact) mass is 344 g/mol. The molecule has 0 heterocycles. The Labute approximate surface area is 146 Å². The van der Waals surface area contributed by atoms with Gasteiger partial charge in [-0.05, 0) is 57.2 Å². The smallest absolute Gasteiger partial charge is 0.488 e. The number of benzene rings is 2. The van der Waals surface area contributed by atoms with Crippen molar-refractivity contribution in [3.63, 3.8) is 0 Å². The number of ether oxygens (including phenoxy) is 4. The van der Waals surface area contributed by atoms with E-state index in [1.54, 1.807) is 36.4 Å². The summed E-state index contributed by atoms with van der Waals surface area (Å²) in [7, 11) is 1.25. The van der Waals surface area contributed by atoms with Gasteiger partial charge in [-0.1, -0.05) is 12.1 Å². The molecule has 2 rings (SSSR count). The number of para-hydroxylation sites is 1. The van der Waals surface area contributed by atoms with Gasteiger partial charge in [0.05, 0.1) is 7.11 Å². The fourth-order valence-corrected chi connectivity index (χ4v) is 1.97. The van der Waals surface area contributed by atoms with E-state index in [1.807, 2.05) is 20.8 Å². The molecule has 0 radical (unpaired) electrons. The van der Waals surface area contributed by atoms with Crippen LogP contribution in [0.5, 0.6) is 17.2 Å². The molecule has 0 bridgehead atoms. The summed E-state index contributed by atoms with van der Waals surface area (Å²) < 4.78 is 20.5. The van der Waals surface area contributed by atoms with Gasteiger partial charge < -0.3 is 18.9 Å². The summed E-state index contributed by atoms with van der Waals surface area (Å²) >= 11 is 0. The molecule has 0 aromatic heterocycles. The van der Waals surface area contributed by atoms with E-state index in [0.29, 0.717) is 11.5 Å². The molecule has 2 aromatic rings. The number of carbonyl (C=O) groups is 2. The van der Waals surface area contributed by atoms with Gasteiger partial charge in [-0.2, -0.15) is 0 Å². The van der Waals surface area contributed by atoms with Gasteiger partial charge in [-0.25, -0.2) is 9.59 Å². The molecule has 0 saturated heterocycles. The highest BCUT2D eigenvalue weighted by molar-refractivity contribution is 5.93. The van der Waals surface area contributed by atoms with Gasteiger partial charge in [-0.15, -0.1) is 0 Å². The van der Waals surface area contributed by atoms with Crippen LogP contribution in [0, 0.1) is 0 Å². The molecule has 0 unspecified atom stereocenters. The van der Waals surface area contributed by atoms with E-state index in [1.165, 1.54) is 19.2 Å². The maximum atomic E-state index is 11.9. The molecular formula is C19H20O6. The summed E-state index contributed by atoms with van der Waals surface area (Å²) in [4.78, 5) is 23.6. The summed E-state index contributed by atoms with van der Waals surface area (Å²) in [6, 6.07) is 12.8. The van der Waals surface area contributed by atoms with Crippen molar-refractivity contribution in [3.8, 4) is 17.2 Å². The van der Waals surface area contributed by atoms with Crippen LogP contribution in [0.4, 0.5) is 4.79 Å². The average molecular weight is 344 g/mol. The maximum Gasteiger partial charge on any atom is 0.519 e. The minimum Gasteiger partial charge on any atom is -0.488 e. The van der Waals surface area contributed by atoms with Crippen LogP contribution in [-0.2, 0) is 4.74 Å². The Kier molecular flexibility index (Phi) is 5.64. The quantitative estimate of drug-likeness (QED) is 0.610. The standard InChI is InChI=1S/C19H20O6/c1-19(2,3)25-14-11-9-13(10-12-14)23-18(21)24-16-8-6-5-7-15(16)17(20)22-4/h5-12H,1-4H3. The molecule has 0 fully saturated rings. The number of esters is 1. The van der Waals surface area contributed by atoms with Crippen LogP contribution in [0.2, 0.25) is 0 Å². The molecule has 0 aliphatic rings. The van der Waals surface area contributed by atoms with Crippen molar-refractivity contribution in [2.24, 2.45) is 0 Å². The molecule has 2 aromatic carbocycles. The van der Waals surface area contributed by atoms with Crippen LogP contribution < -0.4 is 14.2 Å². The van der Waals surface area contributed by atoms with E-state index in [4.69, 9.17) is 14.2 Å². The van der Waals surface area contributed by atoms with Crippen molar-refractivity contribution >= 4 is 12.1 Å². The van der Waals surface area contributed by atoms with E-state index in [9.17, 15) is 9.59 Å². The van der Waals surface area contributed by atoms with Gasteiger partial charge in [0.2, 0.25) is 0 Å². The van der Waals surface area contributed by atoms with Crippen molar-refractivity contribution in [1.29, 1.82) is 0 Å². The van der Waals surface area contributed by atoms with E-state index in [2.05, 4.69) is 4.74 Å². The van der Waals surface area contributed by atoms with Crippen molar-refractivity contribution in [3.05, 3.63) is 54.1 Å². The van der Waals surface area contributed by atoms with Gasteiger partial charge in [0.1, 0.15) is 28.4 Å². The SMILES string of the molecule is COC(=O)c1ccccc1OC(=O)Oc1ccc(OC(C)(C)C)cc1. The van der Waals surface area contributed by atoms with Crippen LogP contribution in [0.1, 0.15) is 31.1 Å². The predicted octanol–water partition coefficient (Wildman–Crippen LogP) is 4.23. The lowest BCUT2D eigenvalue weighted by atomic mass is 10.2. The van der Waals surface area contributed by atoms with Crippen LogP contribution in [0.3, 0.4) is 0 Å². The molecule has 0 amide bonds. The molecule has 0 aliphatic carbocycles. The van der Waals surface area contributed by atoms with Gasteiger partial charge in [0, 0.05) is 0 Å². The largest absolute Gasteiger partial charge is 0.519 e. The van der Waals surface area contributed by atoms with Crippen molar-refractivity contribution < 1.29 is 28.5 Å². The molecule has 25 heavy (non-hydrogen) atoms. The second-order valence-corrected chi connectivity index (χ2v) is 6.13. The molecule has 0 atom stereocenters. The van der Waals surface area contributed by atoms with Crippen LogP contribution in [0.25, 0.3) is 0 Å². The molecule has 6 heteroatoms. The Hall–Kier alpha value is -3.02. The third-order valence-corrected chi connectivity index (χ3v) is 2.93. The Balaban J connectivity index is 2.03. The Bertz CT molecular complexity index is 743. The predicted molar refractivity (Wildman–Crippen MR) is 91.3 cm³/mol. The van der Waals surface area contributed by atoms with Crippen molar-refractivity contribution in [1.82, 2.24) is 0 Å². The first kappa shape index (κ1) is 18.3. The highest BCUT2D eigenvalue weighted by Gasteiger charge is 2.17. The average Bonchev–Trinajstić information content (AvgIpc) is 2.55. The number of rotatable bonds is 4. The zero-order valence-electron chi connectivity index (χ0n) is 14.6. The minimum atomic E-state index is -0.958. The van der Waals surface area contributed by atoms with E-state index >= 15 is 0 Å². The number of hydrogen-bond acceptors (Lipinski definition) is 6. The molecule has 0 aliphatic heterocycles. The molecule has 0 N–H and O–H groups in total. The number of methoxy groups -OCH3 is 1. The third kappa shape index (κ3) is 5.53. The van der Waals surface area contributed by atoms with Crippen molar-refractivity contribution in [2.45, 2.75) is 26.4 Å². The maximum absolute atomic E-state index is 11.9. The third-order valence-electron chi connectivity index (χ3n) is 2.93. The minimum absolute atomic E-state index is 0.0621. The fourth-order valence-electron chi connectivity index (χ4n) is 1.97. The zero-order chi connectivity index (χ0) is 18.4. The normalized spacial score (nSPS) is 10.7. The summed E-state index contributed by atoms with van der Waals surface area (Å²) in [5, 5.41) is 0. The highest BCUT2D eigenvalue weighted by atomic mass is 16.7. The summed E-state index contributed by atoms with van der Waals surface area (Å²) in [5.41, 5.74) is -0.185. The Morgan fingerprint density at radius 1 is 0.840 bits per heavy atom. The van der Waals surface area contributed by atoms with Gasteiger partial charge in [0.15, 0.2) is 0 Å². The Morgan fingerprint density at radius 3 is 2.04 bits per heavy atom. The lowest BCUT2D eigenvalue weighted by Gasteiger charge is -2.21. The first-order valence-corrected chi connectivity index (χ1v) is 7.64. The second kappa shape index (κ2) is 7.70. The molecule has 0 spiro atoms. The van der Waals surface area contributed by atoms with Gasteiger partial charge >= 0.3 is 12.1 Å². The Morgan fingerprint density at radius 2 is 1.44 bits per heavy atom. The van der Waals surface area contributed by atoms with Crippen LogP contribution in [0.15, 0.2) is 48.5 Å². The first-order valence-electron chi connectivity index (χ1n) is 7.64. The van der Waals surface area contributed by atoms with Crippen molar-refractivity contribution in [2.75, 3.05) is 7.11 Å². The second-order valence-electron chi connectivity index (χ2n) is 6.13. The van der Waals surface area contributed by atoms with E-state index < -0.39 is 12.1 Å². The number of carbonyl (C=O) groups excluding carboxylic acids is 2. The van der Waals surface area contributed by atoms with Crippen LogP contribution >= 0.6 is 0 Å². The first-order chi connectivity index (χ1) is 11.8. The van der Waals surface area contributed by atoms with Crippen LogP contribution in [-0.4, -0.2) is 24.8 Å². The summed E-state index contributed by atoms with van der Waals surface area (Å²) in [6.45, 7) is 5.81. The van der Waals surface area contributed by atoms with Gasteiger partial charge in [-0.3, -0.25) is 0 Å². The van der Waals surface area contributed by atoms with E-state index in [0.717, 1.165) is 0 Å². The lowest BCUT2D eigenvalue weighted by molar-refractivity contribution is 0.0597. The van der Waals surface area contributed by atoms with Gasteiger partial charge in [0.25, 0.3) is 0 Å².